The summed E-state index contributed by atoms with van der Waals surface area (Å²) in [6, 6.07) is 17.6. The van der Waals surface area contributed by atoms with Gasteiger partial charge in [-0.15, -0.1) is 5.10 Å². The van der Waals surface area contributed by atoms with Gasteiger partial charge in [0.1, 0.15) is 0 Å². The number of rotatable bonds is 6. The third-order valence-electron chi connectivity index (χ3n) is 5.73. The van der Waals surface area contributed by atoms with Crippen molar-refractivity contribution in [1.82, 2.24) is 18.9 Å². The highest BCUT2D eigenvalue weighted by molar-refractivity contribution is 7.89. The Balaban J connectivity index is 1.46. The number of aromatic nitrogens is 3. The molecule has 180 valence electrons. The number of benzene rings is 2. The first-order chi connectivity index (χ1) is 16.8. The van der Waals surface area contributed by atoms with Crippen molar-refractivity contribution in [2.24, 2.45) is 0 Å². The molecule has 1 atom stereocenters. The lowest BCUT2D eigenvalue weighted by Crippen LogP contribution is -2.29. The van der Waals surface area contributed by atoms with Crippen LogP contribution in [-0.4, -0.2) is 57.5 Å². The number of aliphatic hydroxyl groups is 1. The first kappa shape index (κ1) is 23.0. The molecule has 3 heterocycles. The molecule has 0 radical (unpaired) electrons. The van der Waals surface area contributed by atoms with Crippen molar-refractivity contribution in [2.75, 3.05) is 23.7 Å². The quantitative estimate of drug-likeness (QED) is 0.377. The minimum atomic E-state index is -3.71. The molecule has 1 aliphatic heterocycles. The predicted molar refractivity (Wildman–Crippen MR) is 132 cm³/mol. The average molecular weight is 493 g/mol. The van der Waals surface area contributed by atoms with E-state index in [1.54, 1.807) is 47.1 Å². The van der Waals surface area contributed by atoms with Crippen molar-refractivity contribution >= 4 is 38.8 Å². The van der Waals surface area contributed by atoms with Gasteiger partial charge in [0.15, 0.2) is 0 Å². The van der Waals surface area contributed by atoms with Crippen LogP contribution >= 0.6 is 0 Å². The molecule has 11 heteroatoms. The lowest BCUT2D eigenvalue weighted by atomic mass is 10.2. The fourth-order valence-electron chi connectivity index (χ4n) is 4.08. The molecule has 1 amide bonds. The van der Waals surface area contributed by atoms with Gasteiger partial charge < -0.3 is 15.7 Å². The van der Waals surface area contributed by atoms with Gasteiger partial charge in [0, 0.05) is 37.0 Å². The molecule has 2 aromatic carbocycles. The zero-order chi connectivity index (χ0) is 24.6. The van der Waals surface area contributed by atoms with E-state index in [2.05, 4.69) is 20.7 Å². The van der Waals surface area contributed by atoms with E-state index in [1.165, 1.54) is 11.2 Å². The van der Waals surface area contributed by atoms with E-state index in [4.69, 9.17) is 0 Å². The van der Waals surface area contributed by atoms with Crippen molar-refractivity contribution in [3.63, 3.8) is 0 Å². The second-order valence-electron chi connectivity index (χ2n) is 8.36. The van der Waals surface area contributed by atoms with Gasteiger partial charge in [-0.2, -0.15) is 4.31 Å². The smallest absolute Gasteiger partial charge is 0.245 e. The lowest BCUT2D eigenvalue weighted by molar-refractivity contribution is -0.114. The number of hydrogen-bond donors (Lipinski definition) is 3. The summed E-state index contributed by atoms with van der Waals surface area (Å²) in [6.45, 7) is 1.85. The first-order valence-corrected chi connectivity index (χ1v) is 12.5. The molecule has 5 rings (SSSR count). The van der Waals surface area contributed by atoms with Crippen molar-refractivity contribution in [3.05, 3.63) is 66.9 Å². The van der Waals surface area contributed by atoms with Crippen LogP contribution in [-0.2, 0) is 14.8 Å². The van der Waals surface area contributed by atoms with Gasteiger partial charge in [-0.3, -0.25) is 4.79 Å². The normalized spacial score (nSPS) is 16.5. The fourth-order valence-corrected chi connectivity index (χ4v) is 5.62. The summed E-state index contributed by atoms with van der Waals surface area (Å²) in [7, 11) is -3.71. The van der Waals surface area contributed by atoms with Crippen LogP contribution in [0.1, 0.15) is 13.3 Å². The second kappa shape index (κ2) is 9.10. The largest absolute Gasteiger partial charge is 0.392 e. The summed E-state index contributed by atoms with van der Waals surface area (Å²) in [4.78, 5) is 15.9. The first-order valence-electron chi connectivity index (χ1n) is 11.1. The third-order valence-corrected chi connectivity index (χ3v) is 7.59. The Bertz CT molecular complexity index is 1520. The van der Waals surface area contributed by atoms with Crippen LogP contribution in [0.4, 0.5) is 17.3 Å². The number of carbonyl (C=O) groups is 1. The number of amides is 1. The van der Waals surface area contributed by atoms with Crippen LogP contribution in [0.25, 0.3) is 16.8 Å². The zero-order valence-electron chi connectivity index (χ0n) is 18.9. The SMILES string of the molecule is CC(=O)Nc1cccc(Nc2ncc3ccc(-c4cccc(S(=O)(=O)N5CC[C@H](O)C5)c4)n3n2)c1. The van der Waals surface area contributed by atoms with Crippen LogP contribution < -0.4 is 10.6 Å². The standard InChI is InChI=1S/C24H24N6O4S/c1-16(31)26-18-5-3-6-19(13-18)27-24-25-14-20-8-9-23(30(20)28-24)17-4-2-7-22(12-17)35(33,34)29-11-10-21(32)15-29/h2-9,12-14,21,32H,10-11,15H2,1H3,(H,26,31)(H,27,28)/t21-/m0/s1. The minimum Gasteiger partial charge on any atom is -0.392 e. The molecular formula is C24H24N6O4S. The Morgan fingerprint density at radius 3 is 2.66 bits per heavy atom. The summed E-state index contributed by atoms with van der Waals surface area (Å²) in [5.74, 6) is 0.173. The van der Waals surface area contributed by atoms with Crippen molar-refractivity contribution < 1.29 is 18.3 Å². The van der Waals surface area contributed by atoms with Gasteiger partial charge in [0.25, 0.3) is 0 Å². The molecule has 0 spiro atoms. The van der Waals surface area contributed by atoms with E-state index in [-0.39, 0.29) is 17.3 Å². The molecular weight excluding hydrogens is 468 g/mol. The van der Waals surface area contributed by atoms with Gasteiger partial charge in [0.05, 0.1) is 28.4 Å². The van der Waals surface area contributed by atoms with Crippen molar-refractivity contribution in [1.29, 1.82) is 0 Å². The predicted octanol–water partition coefficient (Wildman–Crippen LogP) is 2.85. The number of hydrogen-bond acceptors (Lipinski definition) is 7. The second-order valence-corrected chi connectivity index (χ2v) is 10.3. The summed E-state index contributed by atoms with van der Waals surface area (Å²) in [5.41, 5.74) is 3.48. The topological polar surface area (TPSA) is 129 Å². The van der Waals surface area contributed by atoms with Gasteiger partial charge in [0.2, 0.25) is 21.9 Å². The molecule has 0 saturated carbocycles. The maximum atomic E-state index is 13.1. The van der Waals surface area contributed by atoms with Crippen molar-refractivity contribution in [3.8, 4) is 11.3 Å². The van der Waals surface area contributed by atoms with Crippen LogP contribution in [0.5, 0.6) is 0 Å². The molecule has 0 aliphatic carbocycles. The number of sulfonamides is 1. The van der Waals surface area contributed by atoms with E-state index in [1.807, 2.05) is 24.3 Å². The highest BCUT2D eigenvalue weighted by Gasteiger charge is 2.31. The number of fused-ring (bicyclic) bond motifs is 1. The Labute approximate surface area is 202 Å². The van der Waals surface area contributed by atoms with Crippen molar-refractivity contribution in [2.45, 2.75) is 24.3 Å². The van der Waals surface area contributed by atoms with Crippen LogP contribution in [0.15, 0.2) is 71.8 Å². The van der Waals surface area contributed by atoms with E-state index >= 15 is 0 Å². The van der Waals surface area contributed by atoms with Gasteiger partial charge >= 0.3 is 0 Å². The third kappa shape index (κ3) is 4.74. The average Bonchev–Trinajstić information content (AvgIpc) is 3.45. The lowest BCUT2D eigenvalue weighted by Gasteiger charge is -2.16. The van der Waals surface area contributed by atoms with E-state index in [9.17, 15) is 18.3 Å². The molecule has 10 nitrogen and oxygen atoms in total. The summed E-state index contributed by atoms with van der Waals surface area (Å²) < 4.78 is 29.1. The Morgan fingerprint density at radius 2 is 1.89 bits per heavy atom. The van der Waals surface area contributed by atoms with Gasteiger partial charge in [-0.25, -0.2) is 17.9 Å². The number of nitrogens with zero attached hydrogens (tertiary/aromatic N) is 4. The molecule has 0 bridgehead atoms. The molecule has 4 aromatic rings. The number of β-amino-alcohol motifs (C(OH)–C–C–N with tert-alkyl or cyclic N) is 1. The van der Waals surface area contributed by atoms with E-state index < -0.39 is 16.1 Å². The molecule has 1 aliphatic rings. The molecule has 0 unspecified atom stereocenters. The molecule has 35 heavy (non-hydrogen) atoms. The van der Waals surface area contributed by atoms with E-state index in [0.29, 0.717) is 41.5 Å². The van der Waals surface area contributed by atoms with Crippen LogP contribution in [0.2, 0.25) is 0 Å². The van der Waals surface area contributed by atoms with Crippen LogP contribution in [0, 0.1) is 0 Å². The Hall–Kier alpha value is -3.80. The number of anilines is 3. The van der Waals surface area contributed by atoms with E-state index in [0.717, 1.165) is 5.52 Å². The number of carbonyl (C=O) groups excluding carboxylic acids is 1. The highest BCUT2D eigenvalue weighted by atomic mass is 32.2. The summed E-state index contributed by atoms with van der Waals surface area (Å²) >= 11 is 0. The molecule has 2 aromatic heterocycles. The summed E-state index contributed by atoms with van der Waals surface area (Å²) in [5, 5.41) is 20.2. The zero-order valence-corrected chi connectivity index (χ0v) is 19.7. The maximum Gasteiger partial charge on any atom is 0.245 e. The maximum absolute atomic E-state index is 13.1. The Morgan fingerprint density at radius 1 is 1.09 bits per heavy atom. The fraction of sp³-hybridized carbons (Fsp3) is 0.208. The minimum absolute atomic E-state index is 0.103. The highest BCUT2D eigenvalue weighted by Crippen LogP contribution is 2.28. The monoisotopic (exact) mass is 492 g/mol. The molecule has 3 N–H and O–H groups in total. The Kier molecular flexibility index (Phi) is 5.97. The van der Waals surface area contributed by atoms with Gasteiger partial charge in [-0.05, 0) is 48.9 Å². The number of nitrogens with one attached hydrogen (secondary N) is 2. The van der Waals surface area contributed by atoms with Gasteiger partial charge in [-0.1, -0.05) is 18.2 Å². The molecule has 1 saturated heterocycles. The number of aliphatic hydroxyl groups excluding tert-OH is 1. The molecule has 1 fully saturated rings. The summed E-state index contributed by atoms with van der Waals surface area (Å²) in [6.07, 6.45) is 1.47. The van der Waals surface area contributed by atoms with Crippen LogP contribution in [0.3, 0.4) is 0 Å².